The zero-order valence-corrected chi connectivity index (χ0v) is 19.8. The predicted molar refractivity (Wildman–Crippen MR) is 125 cm³/mol. The summed E-state index contributed by atoms with van der Waals surface area (Å²) in [5.41, 5.74) is 1.16. The first-order valence-electron chi connectivity index (χ1n) is 10.7. The van der Waals surface area contributed by atoms with Crippen molar-refractivity contribution >= 4 is 62.6 Å². The Morgan fingerprint density at radius 2 is 1.67 bits per heavy atom. The van der Waals surface area contributed by atoms with Crippen LogP contribution in [0, 0.1) is 23.7 Å². The van der Waals surface area contributed by atoms with Gasteiger partial charge >= 0.3 is 5.97 Å². The number of imide groups is 1. The van der Waals surface area contributed by atoms with Crippen LogP contribution < -0.4 is 10.2 Å². The van der Waals surface area contributed by atoms with Crippen molar-refractivity contribution in [3.63, 3.8) is 0 Å². The maximum atomic E-state index is 12.9. The number of ether oxygens (including phenoxy) is 1. The number of nitrogens with one attached hydrogen (secondary N) is 1. The van der Waals surface area contributed by atoms with E-state index in [4.69, 9.17) is 16.3 Å². The molecule has 1 N–H and O–H groups in total. The molecule has 1 heterocycles. The van der Waals surface area contributed by atoms with Gasteiger partial charge in [-0.05, 0) is 89.5 Å². The molecular weight excluding hydrogens is 512 g/mol. The molecule has 3 amide bonds. The fraction of sp³-hybridized carbons (Fsp3) is 0.333. The van der Waals surface area contributed by atoms with E-state index in [1.165, 1.54) is 17.0 Å². The first-order valence-corrected chi connectivity index (χ1v) is 11.9. The lowest BCUT2D eigenvalue weighted by atomic mass is 9.81. The highest BCUT2D eigenvalue weighted by atomic mass is 79.9. The molecule has 5 rings (SSSR count). The average Bonchev–Trinajstić information content (AvgIpc) is 3.48. The Hall–Kier alpha value is -2.71. The molecule has 4 atom stereocenters. The molecule has 9 heteroatoms. The smallest absolute Gasteiger partial charge is 0.338 e. The van der Waals surface area contributed by atoms with Crippen LogP contribution in [-0.4, -0.2) is 30.3 Å². The maximum absolute atomic E-state index is 12.9. The van der Waals surface area contributed by atoms with Gasteiger partial charge in [0.25, 0.3) is 5.91 Å². The normalized spacial score (nSPS) is 25.3. The van der Waals surface area contributed by atoms with Crippen LogP contribution in [0.2, 0.25) is 5.02 Å². The molecule has 0 aromatic heterocycles. The highest BCUT2D eigenvalue weighted by Crippen LogP contribution is 2.56. The molecule has 2 aliphatic carbocycles. The fourth-order valence-corrected chi connectivity index (χ4v) is 5.82. The van der Waals surface area contributed by atoms with Crippen LogP contribution in [0.1, 0.15) is 29.6 Å². The molecule has 2 aromatic rings. The molecule has 2 aromatic carbocycles. The number of nitrogens with zero attached hydrogens (tertiary/aromatic N) is 1. The number of hydrogen-bond acceptors (Lipinski definition) is 5. The van der Waals surface area contributed by atoms with Gasteiger partial charge < -0.3 is 10.1 Å². The van der Waals surface area contributed by atoms with Crippen molar-refractivity contribution in [3.8, 4) is 0 Å². The molecular formula is C24H20BrClN2O5. The van der Waals surface area contributed by atoms with Crippen molar-refractivity contribution < 1.29 is 23.9 Å². The average molecular weight is 532 g/mol. The Morgan fingerprint density at radius 3 is 2.27 bits per heavy atom. The predicted octanol–water partition coefficient (Wildman–Crippen LogP) is 4.43. The summed E-state index contributed by atoms with van der Waals surface area (Å²) in [6.07, 6.45) is 3.02. The number of carbonyl (C=O) groups excluding carboxylic acids is 4. The van der Waals surface area contributed by atoms with Crippen molar-refractivity contribution in [3.05, 3.63) is 57.5 Å². The molecule has 2 bridgehead atoms. The molecule has 0 unspecified atom stereocenters. The van der Waals surface area contributed by atoms with E-state index in [9.17, 15) is 19.2 Å². The molecule has 3 fully saturated rings. The zero-order chi connectivity index (χ0) is 23.3. The van der Waals surface area contributed by atoms with E-state index in [1.807, 2.05) is 0 Å². The Balaban J connectivity index is 1.19. The number of amides is 3. The van der Waals surface area contributed by atoms with Gasteiger partial charge in [0, 0.05) is 10.2 Å². The van der Waals surface area contributed by atoms with Crippen LogP contribution in [-0.2, 0) is 19.1 Å². The lowest BCUT2D eigenvalue weighted by Crippen LogP contribution is -2.32. The molecule has 1 aliphatic heterocycles. The van der Waals surface area contributed by atoms with Crippen LogP contribution in [0.5, 0.6) is 0 Å². The van der Waals surface area contributed by atoms with Crippen molar-refractivity contribution in [1.29, 1.82) is 0 Å². The summed E-state index contributed by atoms with van der Waals surface area (Å²) in [5, 5.41) is 3.04. The van der Waals surface area contributed by atoms with Crippen molar-refractivity contribution in [2.75, 3.05) is 16.8 Å². The number of hydrogen-bond donors (Lipinski definition) is 1. The van der Waals surface area contributed by atoms with Gasteiger partial charge in [-0.25, -0.2) is 4.79 Å². The van der Waals surface area contributed by atoms with E-state index >= 15 is 0 Å². The number of halogens is 2. The molecule has 7 nitrogen and oxygen atoms in total. The molecule has 2 saturated carbocycles. The molecule has 0 spiro atoms. The van der Waals surface area contributed by atoms with Crippen molar-refractivity contribution in [2.45, 2.75) is 19.3 Å². The largest absolute Gasteiger partial charge is 0.452 e. The van der Waals surface area contributed by atoms with Crippen molar-refractivity contribution in [1.82, 2.24) is 0 Å². The van der Waals surface area contributed by atoms with E-state index in [0.717, 1.165) is 19.3 Å². The SMILES string of the molecule is O=C(COC(=O)c1ccc(N2C(=O)[C@@H]3[C@H]4CC[C@@H](C4)[C@H]3C2=O)cc1)Nc1ccc(Br)c(Cl)c1. The third-order valence-electron chi connectivity index (χ3n) is 6.83. The van der Waals surface area contributed by atoms with E-state index < -0.39 is 18.5 Å². The lowest BCUT2D eigenvalue weighted by molar-refractivity contribution is -0.123. The standard InChI is InChI=1S/C24H20BrClN2O5/c25-17-8-5-15(10-18(17)26)27-19(29)11-33-24(32)12-3-6-16(7-4-12)28-22(30)20-13-1-2-14(9-13)21(20)23(28)31/h3-8,10,13-14,20-21H,1-2,9,11H2,(H,27,29)/t13-,14-,20+,21+/m0/s1. The third kappa shape index (κ3) is 3.95. The number of carbonyl (C=O) groups is 4. The number of fused-ring (bicyclic) bond motifs is 5. The van der Waals surface area contributed by atoms with Gasteiger partial charge in [-0.2, -0.15) is 0 Å². The Labute approximate surface area is 203 Å². The molecule has 170 valence electrons. The van der Waals surface area contributed by atoms with Crippen LogP contribution >= 0.6 is 27.5 Å². The van der Waals surface area contributed by atoms with E-state index in [2.05, 4.69) is 21.2 Å². The van der Waals surface area contributed by atoms with E-state index in [0.29, 0.717) is 32.7 Å². The highest BCUT2D eigenvalue weighted by Gasteiger charge is 2.61. The molecule has 1 saturated heterocycles. The van der Waals surface area contributed by atoms with Crippen molar-refractivity contribution in [2.24, 2.45) is 23.7 Å². The summed E-state index contributed by atoms with van der Waals surface area (Å²) >= 11 is 9.27. The maximum Gasteiger partial charge on any atom is 0.338 e. The van der Waals surface area contributed by atoms with Gasteiger partial charge in [0.15, 0.2) is 6.61 Å². The van der Waals surface area contributed by atoms with Crippen LogP contribution in [0.3, 0.4) is 0 Å². The topological polar surface area (TPSA) is 92.8 Å². The highest BCUT2D eigenvalue weighted by molar-refractivity contribution is 9.10. The van der Waals surface area contributed by atoms with Crippen LogP contribution in [0.4, 0.5) is 11.4 Å². The number of benzene rings is 2. The number of rotatable bonds is 5. The Morgan fingerprint density at radius 1 is 1.03 bits per heavy atom. The van der Waals surface area contributed by atoms with Gasteiger partial charge in [-0.1, -0.05) is 11.6 Å². The summed E-state index contributed by atoms with van der Waals surface area (Å²) < 4.78 is 5.78. The minimum atomic E-state index is -0.681. The summed E-state index contributed by atoms with van der Waals surface area (Å²) in [7, 11) is 0. The Kier molecular flexibility index (Phi) is 5.74. The quantitative estimate of drug-likeness (QED) is 0.455. The first kappa shape index (κ1) is 22.1. The van der Waals surface area contributed by atoms with Crippen LogP contribution in [0.25, 0.3) is 0 Å². The van der Waals surface area contributed by atoms with Gasteiger partial charge in [0.2, 0.25) is 11.8 Å². The summed E-state index contributed by atoms with van der Waals surface area (Å²) in [5.74, 6) is -1.20. The third-order valence-corrected chi connectivity index (χ3v) is 8.06. The molecule has 0 radical (unpaired) electrons. The second kappa shape index (κ2) is 8.57. The minimum Gasteiger partial charge on any atom is -0.452 e. The summed E-state index contributed by atoms with van der Waals surface area (Å²) in [4.78, 5) is 51.5. The monoisotopic (exact) mass is 530 g/mol. The summed E-state index contributed by atoms with van der Waals surface area (Å²) in [6.45, 7) is -0.469. The minimum absolute atomic E-state index is 0.128. The molecule has 3 aliphatic rings. The first-order chi connectivity index (χ1) is 15.8. The van der Waals surface area contributed by atoms with Crippen LogP contribution in [0.15, 0.2) is 46.9 Å². The van der Waals surface area contributed by atoms with Gasteiger partial charge in [-0.15, -0.1) is 0 Å². The second-order valence-electron chi connectivity index (χ2n) is 8.70. The van der Waals surface area contributed by atoms with Gasteiger partial charge in [0.05, 0.1) is 28.1 Å². The lowest BCUT2D eigenvalue weighted by Gasteiger charge is -2.19. The fourth-order valence-electron chi connectivity index (χ4n) is 5.40. The van der Waals surface area contributed by atoms with E-state index in [1.54, 1.807) is 30.3 Å². The summed E-state index contributed by atoms with van der Waals surface area (Å²) in [6, 6.07) is 11.1. The second-order valence-corrected chi connectivity index (χ2v) is 9.96. The Bertz CT molecular complexity index is 1140. The zero-order valence-electron chi connectivity index (χ0n) is 17.4. The van der Waals surface area contributed by atoms with E-state index in [-0.39, 0.29) is 29.2 Å². The van der Waals surface area contributed by atoms with Gasteiger partial charge in [-0.3, -0.25) is 19.3 Å². The number of esters is 1. The van der Waals surface area contributed by atoms with Gasteiger partial charge in [0.1, 0.15) is 0 Å². The molecule has 33 heavy (non-hydrogen) atoms. The number of anilines is 2.